The van der Waals surface area contributed by atoms with Gasteiger partial charge in [0.25, 0.3) is 11.5 Å². The number of imide groups is 1. The molecule has 1 saturated heterocycles. The highest BCUT2D eigenvalue weighted by Crippen LogP contribution is 2.36. The van der Waals surface area contributed by atoms with E-state index in [4.69, 9.17) is 4.98 Å². The van der Waals surface area contributed by atoms with Crippen LogP contribution in [0.5, 0.6) is 0 Å². The molecule has 1 aliphatic rings. The highest BCUT2D eigenvalue weighted by atomic mass is 16.2. The number of urea groups is 1. The van der Waals surface area contributed by atoms with E-state index in [0.717, 1.165) is 67.2 Å². The molecule has 53 heavy (non-hydrogen) atoms. The molecular weight excluding hydrogens is 665 g/mol. The van der Waals surface area contributed by atoms with Crippen LogP contribution in [0.25, 0.3) is 44.1 Å². The first-order chi connectivity index (χ1) is 25.6. The van der Waals surface area contributed by atoms with Crippen molar-refractivity contribution in [2.75, 3.05) is 18.0 Å². The molecule has 3 aromatic heterocycles. The van der Waals surface area contributed by atoms with Crippen LogP contribution in [0.4, 0.5) is 10.5 Å². The Morgan fingerprint density at radius 1 is 0.925 bits per heavy atom. The number of fused-ring (bicyclic) bond motifs is 2. The van der Waals surface area contributed by atoms with E-state index >= 15 is 0 Å². The average Bonchev–Trinajstić information content (AvgIpc) is 3.17. The van der Waals surface area contributed by atoms with E-state index in [1.165, 1.54) is 0 Å². The Kier molecular flexibility index (Phi) is 9.57. The zero-order valence-corrected chi connectivity index (χ0v) is 30.0. The molecule has 0 atom stereocenters. The summed E-state index contributed by atoms with van der Waals surface area (Å²) in [5.74, 6) is 5.66. The quantitative estimate of drug-likeness (QED) is 0.142. The van der Waals surface area contributed by atoms with Crippen molar-refractivity contribution < 1.29 is 14.4 Å². The Morgan fingerprint density at radius 2 is 1.75 bits per heavy atom. The van der Waals surface area contributed by atoms with Crippen molar-refractivity contribution in [3.63, 3.8) is 0 Å². The number of carbonyl (C=O) groups excluding carboxylic acids is 3. The Balaban J connectivity index is 1.04. The van der Waals surface area contributed by atoms with Crippen molar-refractivity contribution in [2.45, 2.75) is 40.0 Å². The highest BCUT2D eigenvalue weighted by Gasteiger charge is 2.25. The number of nitrogens with zero attached hydrogens (tertiary/aromatic N) is 4. The smallest absolute Gasteiger partial charge is 0.328 e. The van der Waals surface area contributed by atoms with Gasteiger partial charge in [-0.1, -0.05) is 49.1 Å². The lowest BCUT2D eigenvalue weighted by atomic mass is 9.93. The number of hydrogen-bond donors (Lipinski definition) is 2. The van der Waals surface area contributed by atoms with Crippen molar-refractivity contribution in [3.8, 4) is 34.2 Å². The molecule has 264 valence electrons. The first-order valence-corrected chi connectivity index (χ1v) is 17.6. The molecule has 6 aromatic rings. The fourth-order valence-electron chi connectivity index (χ4n) is 6.78. The minimum atomic E-state index is -0.435. The Labute approximate surface area is 306 Å². The lowest BCUT2D eigenvalue weighted by Crippen LogP contribution is -2.49. The van der Waals surface area contributed by atoms with E-state index in [9.17, 15) is 19.2 Å². The van der Waals surface area contributed by atoms with Gasteiger partial charge in [-0.25, -0.2) is 4.79 Å². The van der Waals surface area contributed by atoms with Gasteiger partial charge in [-0.15, -0.1) is 0 Å². The summed E-state index contributed by atoms with van der Waals surface area (Å²) in [5.41, 5.74) is 9.02. The number of benzene rings is 3. The normalized spacial score (nSPS) is 12.8. The Bertz CT molecular complexity index is 2580. The van der Waals surface area contributed by atoms with Crippen LogP contribution in [0.2, 0.25) is 0 Å². The summed E-state index contributed by atoms with van der Waals surface area (Å²) in [6.45, 7) is 6.52. The number of aryl methyl sites for hydroxylation is 3. The minimum Gasteiger partial charge on any atom is -0.350 e. The first kappa shape index (κ1) is 34.8. The average molecular weight is 703 g/mol. The molecule has 4 amide bonds. The van der Waals surface area contributed by atoms with Crippen molar-refractivity contribution in [1.29, 1.82) is 0 Å². The number of anilines is 1. The van der Waals surface area contributed by atoms with E-state index in [1.54, 1.807) is 21.7 Å². The van der Waals surface area contributed by atoms with Crippen molar-refractivity contribution in [3.05, 3.63) is 123 Å². The van der Waals surface area contributed by atoms with Crippen LogP contribution in [0.3, 0.4) is 0 Å². The number of hydrogen-bond acceptors (Lipinski definition) is 6. The van der Waals surface area contributed by atoms with Gasteiger partial charge >= 0.3 is 6.03 Å². The van der Waals surface area contributed by atoms with E-state index < -0.39 is 6.03 Å². The second kappa shape index (κ2) is 14.6. The van der Waals surface area contributed by atoms with Gasteiger partial charge in [-0.3, -0.25) is 34.6 Å². The summed E-state index contributed by atoms with van der Waals surface area (Å²) in [4.78, 5) is 60.3. The zero-order chi connectivity index (χ0) is 37.2. The largest absolute Gasteiger partial charge is 0.350 e. The lowest BCUT2D eigenvalue weighted by Gasteiger charge is -2.28. The molecule has 0 radical (unpaired) electrons. The second-order valence-electron chi connectivity index (χ2n) is 13.2. The fourth-order valence-corrected chi connectivity index (χ4v) is 6.78. The Morgan fingerprint density at radius 3 is 2.53 bits per heavy atom. The summed E-state index contributed by atoms with van der Waals surface area (Å²) >= 11 is 0. The van der Waals surface area contributed by atoms with Crippen LogP contribution in [-0.2, 0) is 18.3 Å². The SMILES string of the molecule is CCc1cc(-c2cccc3cc(-c4ccc(C(=O)NCCC#Cc5cccc(N6CCC(=O)NC6=O)c5C)nc4)ncc23)c2cc(C)c(=O)n(C)c2c1. The van der Waals surface area contributed by atoms with Gasteiger partial charge < -0.3 is 9.88 Å². The Hall–Kier alpha value is -6.60. The third kappa shape index (κ3) is 6.89. The summed E-state index contributed by atoms with van der Waals surface area (Å²) in [7, 11) is 1.83. The second-order valence-corrected chi connectivity index (χ2v) is 13.2. The summed E-state index contributed by atoms with van der Waals surface area (Å²) in [6.07, 6.45) is 5.05. The van der Waals surface area contributed by atoms with Gasteiger partial charge in [0.1, 0.15) is 5.69 Å². The molecule has 0 saturated carbocycles. The van der Waals surface area contributed by atoms with E-state index in [-0.39, 0.29) is 23.8 Å². The number of rotatable bonds is 7. The molecule has 0 aliphatic carbocycles. The van der Waals surface area contributed by atoms with Gasteiger partial charge in [0.05, 0.1) is 11.2 Å². The minimum absolute atomic E-state index is 0.00431. The molecule has 0 unspecified atom stereocenters. The molecule has 7 rings (SSSR count). The van der Waals surface area contributed by atoms with Crippen LogP contribution >= 0.6 is 0 Å². The number of nitrogens with one attached hydrogen (secondary N) is 2. The van der Waals surface area contributed by atoms with Crippen molar-refractivity contribution in [1.82, 2.24) is 25.2 Å². The van der Waals surface area contributed by atoms with Crippen LogP contribution in [0.15, 0.2) is 90.0 Å². The van der Waals surface area contributed by atoms with Gasteiger partial charge in [-0.2, -0.15) is 0 Å². The molecule has 0 bridgehead atoms. The summed E-state index contributed by atoms with van der Waals surface area (Å²) in [6, 6.07) is 23.2. The van der Waals surface area contributed by atoms with Crippen LogP contribution < -0.4 is 21.1 Å². The number of carbonyl (C=O) groups is 3. The van der Waals surface area contributed by atoms with Crippen LogP contribution in [0.1, 0.15) is 52.5 Å². The van der Waals surface area contributed by atoms with Crippen LogP contribution in [-0.4, -0.2) is 45.5 Å². The lowest BCUT2D eigenvalue weighted by molar-refractivity contribution is -0.120. The molecule has 1 aliphatic heterocycles. The van der Waals surface area contributed by atoms with E-state index in [2.05, 4.69) is 58.6 Å². The van der Waals surface area contributed by atoms with Crippen molar-refractivity contribution >= 4 is 45.2 Å². The molecular formula is C43H38N6O4. The molecule has 1 fully saturated rings. The van der Waals surface area contributed by atoms with Gasteiger partial charge in [0.15, 0.2) is 0 Å². The maximum atomic E-state index is 12.9. The molecule has 10 heteroatoms. The topological polar surface area (TPSA) is 126 Å². The molecule has 2 N–H and O–H groups in total. The fraction of sp³-hybridized carbons (Fsp3) is 0.209. The first-order valence-electron chi connectivity index (χ1n) is 17.6. The number of pyridine rings is 3. The highest BCUT2D eigenvalue weighted by molar-refractivity contribution is 6.07. The number of aromatic nitrogens is 3. The van der Waals surface area contributed by atoms with Gasteiger partial charge in [0.2, 0.25) is 5.91 Å². The van der Waals surface area contributed by atoms with E-state index in [0.29, 0.717) is 36.5 Å². The molecule has 0 spiro atoms. The third-order valence-corrected chi connectivity index (χ3v) is 9.75. The van der Waals surface area contributed by atoms with Gasteiger partial charge in [-0.05, 0) is 90.4 Å². The maximum Gasteiger partial charge on any atom is 0.328 e. The number of amides is 4. The predicted molar refractivity (Wildman–Crippen MR) is 208 cm³/mol. The monoisotopic (exact) mass is 702 g/mol. The zero-order valence-electron chi connectivity index (χ0n) is 30.0. The van der Waals surface area contributed by atoms with E-state index in [1.807, 2.05) is 69.6 Å². The molecule has 10 nitrogen and oxygen atoms in total. The standard InChI is InChI=1S/C43H38N6O4/c1-5-28-21-33(34-20-26(2)42(52)48(4)39(34)22-28)32-13-8-12-30-23-37(46-25-35(30)32)31-15-16-36(45-24-31)41(51)44-18-7-6-10-29-11-9-14-38(27(29)3)49-19-17-40(50)47-43(49)53/h8-9,11-16,20-25H,5,7,17-19H2,1-4H3,(H,44,51)(H,47,50,53). The predicted octanol–water partition coefficient (Wildman–Crippen LogP) is 6.61. The molecule has 4 heterocycles. The third-order valence-electron chi connectivity index (χ3n) is 9.75. The van der Waals surface area contributed by atoms with Gasteiger partial charge in [0, 0.05) is 78.5 Å². The van der Waals surface area contributed by atoms with Crippen molar-refractivity contribution in [2.24, 2.45) is 7.05 Å². The summed E-state index contributed by atoms with van der Waals surface area (Å²) in [5, 5.41) is 8.27. The summed E-state index contributed by atoms with van der Waals surface area (Å²) < 4.78 is 1.73. The maximum absolute atomic E-state index is 12.9. The van der Waals surface area contributed by atoms with Crippen LogP contribution in [0, 0.1) is 25.7 Å². The molecule has 3 aromatic carbocycles.